The van der Waals surface area contributed by atoms with Gasteiger partial charge in [-0.05, 0) is 24.5 Å². The SMILES string of the molecule is CN(CC1(c2ccccc2)CC1)C(=O)Nc1ccncc1[N+](=O)[O-]. The molecule has 1 aliphatic carbocycles. The van der Waals surface area contributed by atoms with Crippen LogP contribution in [0.1, 0.15) is 18.4 Å². The highest BCUT2D eigenvalue weighted by Gasteiger charge is 2.45. The van der Waals surface area contributed by atoms with E-state index in [1.165, 1.54) is 17.8 Å². The molecule has 1 N–H and O–H groups in total. The van der Waals surface area contributed by atoms with Gasteiger partial charge in [0.2, 0.25) is 0 Å². The summed E-state index contributed by atoms with van der Waals surface area (Å²) in [5, 5.41) is 13.6. The molecule has 2 aromatic rings. The smallest absolute Gasteiger partial charge is 0.321 e. The zero-order chi connectivity index (χ0) is 17.2. The molecule has 3 rings (SSSR count). The van der Waals surface area contributed by atoms with Gasteiger partial charge in [-0.1, -0.05) is 30.3 Å². The largest absolute Gasteiger partial charge is 0.327 e. The molecule has 1 aromatic heterocycles. The van der Waals surface area contributed by atoms with Gasteiger partial charge in [0.1, 0.15) is 11.9 Å². The zero-order valence-electron chi connectivity index (χ0n) is 13.3. The third kappa shape index (κ3) is 3.19. The molecule has 124 valence electrons. The fourth-order valence-electron chi connectivity index (χ4n) is 2.85. The molecule has 0 spiro atoms. The van der Waals surface area contributed by atoms with Gasteiger partial charge < -0.3 is 10.2 Å². The number of pyridine rings is 1. The average Bonchev–Trinajstić information content (AvgIpc) is 3.36. The lowest BCUT2D eigenvalue weighted by molar-refractivity contribution is -0.384. The number of amides is 2. The van der Waals surface area contributed by atoms with Crippen LogP contribution in [0.25, 0.3) is 0 Å². The Morgan fingerprint density at radius 3 is 2.67 bits per heavy atom. The number of hydrogen-bond donors (Lipinski definition) is 1. The number of rotatable bonds is 5. The van der Waals surface area contributed by atoms with Crippen LogP contribution in [0.2, 0.25) is 0 Å². The van der Waals surface area contributed by atoms with Crippen molar-refractivity contribution in [3.8, 4) is 0 Å². The van der Waals surface area contributed by atoms with Crippen LogP contribution in [0.5, 0.6) is 0 Å². The van der Waals surface area contributed by atoms with Gasteiger partial charge in [-0.3, -0.25) is 15.1 Å². The topological polar surface area (TPSA) is 88.4 Å². The Balaban J connectivity index is 1.69. The molecule has 0 radical (unpaired) electrons. The predicted molar refractivity (Wildman–Crippen MR) is 89.9 cm³/mol. The summed E-state index contributed by atoms with van der Waals surface area (Å²) < 4.78 is 0. The van der Waals surface area contributed by atoms with E-state index in [4.69, 9.17) is 0 Å². The van der Waals surface area contributed by atoms with E-state index in [0.717, 1.165) is 19.0 Å². The Morgan fingerprint density at radius 1 is 1.33 bits per heavy atom. The van der Waals surface area contributed by atoms with E-state index in [1.54, 1.807) is 11.9 Å². The van der Waals surface area contributed by atoms with Gasteiger partial charge in [0.05, 0.1) is 4.92 Å². The Hall–Kier alpha value is -2.96. The maximum atomic E-state index is 12.4. The van der Waals surface area contributed by atoms with Crippen LogP contribution < -0.4 is 5.32 Å². The Morgan fingerprint density at radius 2 is 2.04 bits per heavy atom. The molecular weight excluding hydrogens is 308 g/mol. The molecular formula is C17H18N4O3. The Labute approximate surface area is 139 Å². The van der Waals surface area contributed by atoms with Gasteiger partial charge >= 0.3 is 11.7 Å². The Kier molecular flexibility index (Phi) is 4.16. The molecule has 1 aliphatic rings. The minimum absolute atomic E-state index is 0.00245. The van der Waals surface area contributed by atoms with Gasteiger partial charge in [0, 0.05) is 25.2 Å². The van der Waals surface area contributed by atoms with Crippen LogP contribution in [0.3, 0.4) is 0 Å². The summed E-state index contributed by atoms with van der Waals surface area (Å²) in [6, 6.07) is 11.2. The summed E-state index contributed by atoms with van der Waals surface area (Å²) in [5.74, 6) is 0. The molecule has 7 heteroatoms. The third-order valence-electron chi connectivity index (χ3n) is 4.36. The number of likely N-dealkylation sites (N-methyl/N-ethyl adjacent to an activating group) is 1. The number of aromatic nitrogens is 1. The second-order valence-electron chi connectivity index (χ2n) is 6.08. The highest BCUT2D eigenvalue weighted by atomic mass is 16.6. The Bertz CT molecular complexity index is 759. The molecule has 0 atom stereocenters. The van der Waals surface area contributed by atoms with Crippen LogP contribution in [0.15, 0.2) is 48.8 Å². The second-order valence-corrected chi connectivity index (χ2v) is 6.08. The van der Waals surface area contributed by atoms with E-state index < -0.39 is 4.92 Å². The van der Waals surface area contributed by atoms with Crippen molar-refractivity contribution in [1.29, 1.82) is 0 Å². The summed E-state index contributed by atoms with van der Waals surface area (Å²) in [6.07, 6.45) is 4.60. The molecule has 0 saturated heterocycles. The molecule has 7 nitrogen and oxygen atoms in total. The lowest BCUT2D eigenvalue weighted by Crippen LogP contribution is -2.37. The van der Waals surface area contributed by atoms with E-state index in [9.17, 15) is 14.9 Å². The highest BCUT2D eigenvalue weighted by molar-refractivity contribution is 5.91. The molecule has 1 saturated carbocycles. The number of nitrogens with zero attached hydrogens (tertiary/aromatic N) is 3. The number of hydrogen-bond acceptors (Lipinski definition) is 4. The van der Waals surface area contributed by atoms with Crippen LogP contribution in [-0.4, -0.2) is 34.4 Å². The number of carbonyl (C=O) groups excluding carboxylic acids is 1. The highest BCUT2D eigenvalue weighted by Crippen LogP contribution is 2.48. The van der Waals surface area contributed by atoms with E-state index in [0.29, 0.717) is 6.54 Å². The first-order chi connectivity index (χ1) is 11.5. The monoisotopic (exact) mass is 326 g/mol. The van der Waals surface area contributed by atoms with Crippen molar-refractivity contribution < 1.29 is 9.72 Å². The van der Waals surface area contributed by atoms with Gasteiger partial charge in [-0.15, -0.1) is 0 Å². The van der Waals surface area contributed by atoms with Crippen molar-refractivity contribution in [2.24, 2.45) is 0 Å². The van der Waals surface area contributed by atoms with Crippen molar-refractivity contribution in [2.45, 2.75) is 18.3 Å². The van der Waals surface area contributed by atoms with E-state index in [1.807, 2.05) is 18.2 Å². The first-order valence-corrected chi connectivity index (χ1v) is 7.68. The molecule has 24 heavy (non-hydrogen) atoms. The van der Waals surface area contributed by atoms with Crippen LogP contribution in [0, 0.1) is 10.1 Å². The van der Waals surface area contributed by atoms with E-state index in [-0.39, 0.29) is 22.8 Å². The minimum atomic E-state index is -0.561. The molecule has 0 aliphatic heterocycles. The summed E-state index contributed by atoms with van der Waals surface area (Å²) in [5.41, 5.74) is 1.15. The first-order valence-electron chi connectivity index (χ1n) is 7.68. The van der Waals surface area contributed by atoms with Crippen molar-refractivity contribution in [2.75, 3.05) is 18.9 Å². The summed E-state index contributed by atoms with van der Waals surface area (Å²) in [4.78, 5) is 28.1. The van der Waals surface area contributed by atoms with Crippen LogP contribution >= 0.6 is 0 Å². The predicted octanol–water partition coefficient (Wildman–Crippen LogP) is 3.19. The third-order valence-corrected chi connectivity index (χ3v) is 4.36. The van der Waals surface area contributed by atoms with Gasteiger partial charge in [0.25, 0.3) is 0 Å². The maximum absolute atomic E-state index is 12.4. The van der Waals surface area contributed by atoms with Crippen LogP contribution in [-0.2, 0) is 5.41 Å². The van der Waals surface area contributed by atoms with Gasteiger partial charge in [0.15, 0.2) is 0 Å². The zero-order valence-corrected chi connectivity index (χ0v) is 13.3. The second kappa shape index (κ2) is 6.27. The summed E-state index contributed by atoms with van der Waals surface area (Å²) in [6.45, 7) is 0.571. The lowest BCUT2D eigenvalue weighted by Gasteiger charge is -2.24. The number of anilines is 1. The minimum Gasteiger partial charge on any atom is -0.327 e. The molecule has 0 unspecified atom stereocenters. The number of nitrogens with one attached hydrogen (secondary N) is 1. The standard InChI is InChI=1S/C17H18N4O3/c1-20(12-17(8-9-17)13-5-3-2-4-6-13)16(22)19-14-7-10-18-11-15(14)21(23)24/h2-7,10-11H,8-9,12H2,1H3,(H,18,19,22). The number of benzene rings is 1. The van der Waals surface area contributed by atoms with Crippen molar-refractivity contribution >= 4 is 17.4 Å². The molecule has 1 heterocycles. The van der Waals surface area contributed by atoms with Gasteiger partial charge in [-0.25, -0.2) is 4.79 Å². The van der Waals surface area contributed by atoms with Crippen molar-refractivity contribution in [3.63, 3.8) is 0 Å². The average molecular weight is 326 g/mol. The lowest BCUT2D eigenvalue weighted by atomic mass is 9.95. The molecule has 2 amide bonds. The normalized spacial score (nSPS) is 14.7. The summed E-state index contributed by atoms with van der Waals surface area (Å²) in [7, 11) is 1.70. The number of urea groups is 1. The first kappa shape index (κ1) is 15.9. The number of nitro groups is 1. The molecule has 1 aromatic carbocycles. The molecule has 0 bridgehead atoms. The number of carbonyl (C=O) groups is 1. The summed E-state index contributed by atoms with van der Waals surface area (Å²) >= 11 is 0. The van der Waals surface area contributed by atoms with Crippen molar-refractivity contribution in [1.82, 2.24) is 9.88 Å². The molecule has 1 fully saturated rings. The quantitative estimate of drug-likeness (QED) is 0.675. The fraction of sp³-hybridized carbons (Fsp3) is 0.294. The van der Waals surface area contributed by atoms with E-state index in [2.05, 4.69) is 22.4 Å². The van der Waals surface area contributed by atoms with E-state index >= 15 is 0 Å². The van der Waals surface area contributed by atoms with Gasteiger partial charge in [-0.2, -0.15) is 0 Å². The van der Waals surface area contributed by atoms with Crippen molar-refractivity contribution in [3.05, 3.63) is 64.5 Å². The van der Waals surface area contributed by atoms with Crippen LogP contribution in [0.4, 0.5) is 16.2 Å². The maximum Gasteiger partial charge on any atom is 0.321 e. The fourth-order valence-corrected chi connectivity index (χ4v) is 2.85.